The van der Waals surface area contributed by atoms with Gasteiger partial charge in [0.05, 0.1) is 0 Å². The minimum absolute atomic E-state index is 0.0134. The third-order valence-corrected chi connectivity index (χ3v) is 3.52. The molecule has 1 atom stereocenters. The third-order valence-electron chi connectivity index (χ3n) is 3.52. The van der Waals surface area contributed by atoms with E-state index in [2.05, 4.69) is 10.2 Å². The van der Waals surface area contributed by atoms with Crippen LogP contribution in [-0.4, -0.2) is 78.5 Å². The van der Waals surface area contributed by atoms with Gasteiger partial charge >= 0.3 is 5.97 Å². The van der Waals surface area contributed by atoms with Gasteiger partial charge in [-0.05, 0) is 13.5 Å². The van der Waals surface area contributed by atoms with E-state index in [-0.39, 0.29) is 37.6 Å². The number of nitrogens with zero attached hydrogens (tertiary/aromatic N) is 2. The maximum absolute atomic E-state index is 11.9. The van der Waals surface area contributed by atoms with E-state index in [9.17, 15) is 14.4 Å². The average molecular weight is 300 g/mol. The number of amides is 2. The summed E-state index contributed by atoms with van der Waals surface area (Å²) < 4.78 is 0. The smallest absolute Gasteiger partial charge is 0.320 e. The lowest BCUT2D eigenvalue weighted by molar-refractivity contribution is -0.138. The van der Waals surface area contributed by atoms with Crippen LogP contribution in [0.5, 0.6) is 0 Å². The predicted molar refractivity (Wildman–Crippen MR) is 76.5 cm³/mol. The van der Waals surface area contributed by atoms with Gasteiger partial charge in [-0.1, -0.05) is 0 Å². The van der Waals surface area contributed by atoms with Gasteiger partial charge in [0.25, 0.3) is 0 Å². The molecule has 1 fully saturated rings. The molecule has 0 radical (unpaired) electrons. The van der Waals surface area contributed by atoms with Crippen molar-refractivity contribution in [3.05, 3.63) is 0 Å². The number of carbonyl (C=O) groups is 3. The van der Waals surface area contributed by atoms with E-state index in [4.69, 9.17) is 10.8 Å². The highest BCUT2D eigenvalue weighted by Gasteiger charge is 2.19. The third kappa shape index (κ3) is 6.54. The first-order valence-corrected chi connectivity index (χ1v) is 7.11. The summed E-state index contributed by atoms with van der Waals surface area (Å²) >= 11 is 0. The number of carbonyl (C=O) groups excluding carboxylic acids is 2. The number of hydrogen-bond acceptors (Lipinski definition) is 5. The zero-order valence-electron chi connectivity index (χ0n) is 12.4. The summed E-state index contributed by atoms with van der Waals surface area (Å²) in [6.07, 6.45) is 0.474. The Morgan fingerprint density at radius 3 is 2.38 bits per heavy atom. The fraction of sp³-hybridized carbons (Fsp3) is 0.769. The van der Waals surface area contributed by atoms with E-state index < -0.39 is 12.0 Å². The molecule has 0 aromatic rings. The van der Waals surface area contributed by atoms with Gasteiger partial charge in [0.15, 0.2) is 0 Å². The summed E-state index contributed by atoms with van der Waals surface area (Å²) in [6, 6.07) is -0.975. The largest absolute Gasteiger partial charge is 0.480 e. The molecule has 1 aliphatic rings. The molecule has 0 unspecified atom stereocenters. The van der Waals surface area contributed by atoms with Crippen molar-refractivity contribution >= 4 is 17.8 Å². The van der Waals surface area contributed by atoms with Crippen LogP contribution in [-0.2, 0) is 14.4 Å². The van der Waals surface area contributed by atoms with Gasteiger partial charge in [-0.15, -0.1) is 0 Å². The Labute approximate surface area is 124 Å². The normalized spacial score (nSPS) is 17.3. The number of carboxylic acid groups (broad SMARTS) is 1. The minimum atomic E-state index is -1.09. The fourth-order valence-electron chi connectivity index (χ4n) is 2.01. The predicted octanol–water partition coefficient (Wildman–Crippen LogP) is -1.54. The van der Waals surface area contributed by atoms with E-state index in [1.165, 1.54) is 0 Å². The van der Waals surface area contributed by atoms with Crippen molar-refractivity contribution in [1.29, 1.82) is 0 Å². The zero-order valence-corrected chi connectivity index (χ0v) is 12.4. The maximum atomic E-state index is 11.9. The van der Waals surface area contributed by atoms with Crippen LogP contribution in [0.15, 0.2) is 0 Å². The first kappa shape index (κ1) is 17.4. The molecular formula is C13H24N4O4. The number of aliphatic carboxylic acids is 1. The summed E-state index contributed by atoms with van der Waals surface area (Å²) in [5, 5.41) is 11.2. The highest BCUT2D eigenvalue weighted by Crippen LogP contribution is 2.03. The average Bonchev–Trinajstić information content (AvgIpc) is 2.45. The monoisotopic (exact) mass is 300 g/mol. The van der Waals surface area contributed by atoms with Crippen molar-refractivity contribution in [2.45, 2.75) is 25.3 Å². The van der Waals surface area contributed by atoms with Crippen molar-refractivity contribution in [2.75, 3.05) is 39.8 Å². The standard InChI is InChI=1S/C13H24N4O4/c1-16-6-8-17(9-7-16)12(19)3-2-11(18)15-5-4-10(14)13(20)21/h10H,2-9,14H2,1H3,(H,15,18)(H,20,21)/t10-/m0/s1. The van der Waals surface area contributed by atoms with Crippen LogP contribution in [0.1, 0.15) is 19.3 Å². The molecule has 21 heavy (non-hydrogen) atoms. The lowest BCUT2D eigenvalue weighted by atomic mass is 10.2. The number of nitrogens with two attached hydrogens (primary N) is 1. The molecule has 8 nitrogen and oxygen atoms in total. The molecule has 2 amide bonds. The molecule has 1 heterocycles. The van der Waals surface area contributed by atoms with Crippen molar-refractivity contribution in [1.82, 2.24) is 15.1 Å². The van der Waals surface area contributed by atoms with Gasteiger partial charge in [-0.25, -0.2) is 0 Å². The Hall–Kier alpha value is -1.67. The fourth-order valence-corrected chi connectivity index (χ4v) is 2.01. The number of nitrogens with one attached hydrogen (secondary N) is 1. The van der Waals surface area contributed by atoms with E-state index >= 15 is 0 Å². The molecule has 0 saturated carbocycles. The Morgan fingerprint density at radius 1 is 1.19 bits per heavy atom. The molecule has 4 N–H and O–H groups in total. The lowest BCUT2D eigenvalue weighted by Crippen LogP contribution is -2.47. The molecule has 0 aromatic heterocycles. The molecule has 8 heteroatoms. The molecule has 1 aliphatic heterocycles. The quantitative estimate of drug-likeness (QED) is 0.525. The Kier molecular flexibility index (Phi) is 7.10. The van der Waals surface area contributed by atoms with Gasteiger partial charge < -0.3 is 26.0 Å². The molecule has 1 rings (SSSR count). The van der Waals surface area contributed by atoms with Crippen LogP contribution in [0.25, 0.3) is 0 Å². The summed E-state index contributed by atoms with van der Waals surface area (Å²) in [5.74, 6) is -1.36. The summed E-state index contributed by atoms with van der Waals surface area (Å²) in [4.78, 5) is 37.9. The molecule has 0 bridgehead atoms. The van der Waals surface area contributed by atoms with Gasteiger partial charge in [-0.3, -0.25) is 14.4 Å². The van der Waals surface area contributed by atoms with Crippen molar-refractivity contribution < 1.29 is 19.5 Å². The van der Waals surface area contributed by atoms with E-state index in [1.807, 2.05) is 7.05 Å². The number of hydrogen-bond donors (Lipinski definition) is 3. The molecule has 0 aliphatic carbocycles. The van der Waals surface area contributed by atoms with Crippen molar-refractivity contribution in [3.63, 3.8) is 0 Å². The number of rotatable bonds is 7. The van der Waals surface area contributed by atoms with Gasteiger partial charge in [-0.2, -0.15) is 0 Å². The molecule has 0 spiro atoms. The van der Waals surface area contributed by atoms with Gasteiger partial charge in [0.2, 0.25) is 11.8 Å². The van der Waals surface area contributed by atoms with E-state index in [0.717, 1.165) is 13.1 Å². The number of carboxylic acids is 1. The summed E-state index contributed by atoms with van der Waals surface area (Å²) in [6.45, 7) is 3.31. The molecule has 0 aromatic carbocycles. The second kappa shape index (κ2) is 8.58. The van der Waals surface area contributed by atoms with Crippen LogP contribution in [0.2, 0.25) is 0 Å². The summed E-state index contributed by atoms with van der Waals surface area (Å²) in [5.41, 5.74) is 5.32. The van der Waals surface area contributed by atoms with E-state index in [1.54, 1.807) is 4.90 Å². The molecule has 1 saturated heterocycles. The molecular weight excluding hydrogens is 276 g/mol. The zero-order chi connectivity index (χ0) is 15.8. The lowest BCUT2D eigenvalue weighted by Gasteiger charge is -2.32. The van der Waals surface area contributed by atoms with Gasteiger partial charge in [0.1, 0.15) is 6.04 Å². The van der Waals surface area contributed by atoms with Crippen LogP contribution in [0.3, 0.4) is 0 Å². The Balaban J connectivity index is 2.15. The van der Waals surface area contributed by atoms with Crippen molar-refractivity contribution in [2.24, 2.45) is 5.73 Å². The maximum Gasteiger partial charge on any atom is 0.320 e. The Bertz CT molecular complexity index is 380. The first-order chi connectivity index (χ1) is 9.90. The second-order valence-corrected chi connectivity index (χ2v) is 5.27. The Morgan fingerprint density at radius 2 is 1.81 bits per heavy atom. The second-order valence-electron chi connectivity index (χ2n) is 5.27. The highest BCUT2D eigenvalue weighted by molar-refractivity contribution is 5.83. The van der Waals surface area contributed by atoms with Crippen LogP contribution in [0.4, 0.5) is 0 Å². The highest BCUT2D eigenvalue weighted by atomic mass is 16.4. The SMILES string of the molecule is CN1CCN(C(=O)CCC(=O)NCC[C@H](N)C(=O)O)CC1. The molecule has 120 valence electrons. The van der Waals surface area contributed by atoms with Crippen molar-refractivity contribution in [3.8, 4) is 0 Å². The number of likely N-dealkylation sites (N-methyl/N-ethyl adjacent to an activating group) is 1. The first-order valence-electron chi connectivity index (χ1n) is 7.11. The topological polar surface area (TPSA) is 116 Å². The number of piperazine rings is 1. The minimum Gasteiger partial charge on any atom is -0.480 e. The van der Waals surface area contributed by atoms with E-state index in [0.29, 0.717) is 13.1 Å². The van der Waals surface area contributed by atoms with Crippen LogP contribution in [0, 0.1) is 0 Å². The van der Waals surface area contributed by atoms with Crippen LogP contribution < -0.4 is 11.1 Å². The summed E-state index contributed by atoms with van der Waals surface area (Å²) in [7, 11) is 2.01. The van der Waals surface area contributed by atoms with Crippen LogP contribution >= 0.6 is 0 Å². The van der Waals surface area contributed by atoms with Gasteiger partial charge in [0, 0.05) is 45.6 Å².